The monoisotopic (exact) mass is 981 g/mol. The predicted molar refractivity (Wildman–Crippen MR) is 293 cm³/mol. The highest BCUT2D eigenvalue weighted by Crippen LogP contribution is 2.38. The molecule has 0 aromatic heterocycles. The fourth-order valence-corrected chi connectivity index (χ4v) is 9.70. The lowest BCUT2D eigenvalue weighted by Gasteiger charge is -2.29. The SMILES string of the molecule is CCCCCCCCCCCC/C=C\CCCCCCCCCC(=O)NC(COP(=O)([O-])OCC[N+](C)(C)C)C(O)/C=C/CCCCCCCCCCCCCCCCCCCCCCCCC. The van der Waals surface area contributed by atoms with E-state index in [2.05, 4.69) is 31.3 Å². The van der Waals surface area contributed by atoms with E-state index in [9.17, 15) is 19.4 Å². The van der Waals surface area contributed by atoms with Crippen molar-refractivity contribution in [1.82, 2.24) is 5.32 Å². The van der Waals surface area contributed by atoms with Crippen LogP contribution in [0, 0.1) is 0 Å². The summed E-state index contributed by atoms with van der Waals surface area (Å²) >= 11 is 0. The van der Waals surface area contributed by atoms with Crippen molar-refractivity contribution in [2.75, 3.05) is 40.9 Å². The number of rotatable bonds is 55. The van der Waals surface area contributed by atoms with Crippen molar-refractivity contribution >= 4 is 13.7 Å². The Balaban J connectivity index is 4.19. The number of allylic oxidation sites excluding steroid dienone is 3. The molecular formula is C59H117N2O6P. The minimum absolute atomic E-state index is 0.000151. The first-order chi connectivity index (χ1) is 33.0. The first kappa shape index (κ1) is 67.0. The van der Waals surface area contributed by atoms with Gasteiger partial charge in [-0.25, -0.2) is 0 Å². The topological polar surface area (TPSA) is 108 Å². The summed E-state index contributed by atoms with van der Waals surface area (Å²) in [6.45, 7) is 4.69. The molecule has 0 spiro atoms. The van der Waals surface area contributed by atoms with Crippen LogP contribution in [0.2, 0.25) is 0 Å². The number of amides is 1. The van der Waals surface area contributed by atoms with Gasteiger partial charge in [0, 0.05) is 6.42 Å². The molecule has 0 aliphatic rings. The average Bonchev–Trinajstić information content (AvgIpc) is 3.30. The summed E-state index contributed by atoms with van der Waals surface area (Å²) in [4.78, 5) is 25.5. The molecule has 3 atom stereocenters. The number of aliphatic hydroxyl groups excluding tert-OH is 1. The molecule has 1 amide bonds. The van der Waals surface area contributed by atoms with Gasteiger partial charge in [-0.05, 0) is 44.9 Å². The number of hydrogen-bond acceptors (Lipinski definition) is 6. The van der Waals surface area contributed by atoms with Crippen LogP contribution in [0.3, 0.4) is 0 Å². The number of nitrogens with zero attached hydrogens (tertiary/aromatic N) is 1. The van der Waals surface area contributed by atoms with Gasteiger partial charge < -0.3 is 28.8 Å². The second kappa shape index (κ2) is 50.9. The molecule has 0 rings (SSSR count). The maximum atomic E-state index is 13.0. The Labute approximate surface area is 424 Å². The minimum atomic E-state index is -4.60. The summed E-state index contributed by atoms with van der Waals surface area (Å²) < 4.78 is 23.4. The zero-order chi connectivity index (χ0) is 49.9. The van der Waals surface area contributed by atoms with Gasteiger partial charge in [0.25, 0.3) is 7.82 Å². The van der Waals surface area contributed by atoms with Gasteiger partial charge in [0.2, 0.25) is 5.91 Å². The van der Waals surface area contributed by atoms with Crippen LogP contribution in [0.5, 0.6) is 0 Å². The molecule has 0 aromatic rings. The van der Waals surface area contributed by atoms with Crippen LogP contribution >= 0.6 is 7.82 Å². The predicted octanol–water partition coefficient (Wildman–Crippen LogP) is 17.4. The molecule has 9 heteroatoms. The van der Waals surface area contributed by atoms with Gasteiger partial charge in [-0.3, -0.25) is 9.36 Å². The summed E-state index contributed by atoms with van der Waals surface area (Å²) in [6.07, 6.45) is 64.0. The number of quaternary nitrogens is 1. The van der Waals surface area contributed by atoms with E-state index in [1.54, 1.807) is 6.08 Å². The first-order valence-corrected chi connectivity index (χ1v) is 31.2. The molecule has 3 unspecified atom stereocenters. The van der Waals surface area contributed by atoms with Crippen molar-refractivity contribution in [1.29, 1.82) is 0 Å². The van der Waals surface area contributed by atoms with Crippen LogP contribution in [-0.4, -0.2) is 68.5 Å². The van der Waals surface area contributed by atoms with Crippen molar-refractivity contribution in [2.45, 2.75) is 309 Å². The second-order valence-corrected chi connectivity index (χ2v) is 23.1. The summed E-state index contributed by atoms with van der Waals surface area (Å²) in [5, 5.41) is 13.9. The van der Waals surface area contributed by atoms with Gasteiger partial charge >= 0.3 is 0 Å². The summed E-state index contributed by atoms with van der Waals surface area (Å²) in [5.74, 6) is -0.197. The molecule has 0 aliphatic carbocycles. The third-order valence-corrected chi connectivity index (χ3v) is 14.6. The highest BCUT2D eigenvalue weighted by Gasteiger charge is 2.23. The molecule has 68 heavy (non-hydrogen) atoms. The van der Waals surface area contributed by atoms with E-state index >= 15 is 0 Å². The molecule has 8 nitrogen and oxygen atoms in total. The number of aliphatic hydroxyl groups is 1. The molecule has 0 radical (unpaired) electrons. The third-order valence-electron chi connectivity index (χ3n) is 13.7. The van der Waals surface area contributed by atoms with E-state index in [0.717, 1.165) is 38.5 Å². The van der Waals surface area contributed by atoms with E-state index in [1.165, 1.54) is 238 Å². The van der Waals surface area contributed by atoms with Gasteiger partial charge in [0.05, 0.1) is 39.9 Å². The summed E-state index contributed by atoms with van der Waals surface area (Å²) in [6, 6.07) is -0.888. The fourth-order valence-electron chi connectivity index (χ4n) is 8.97. The average molecular weight is 982 g/mol. The number of carbonyl (C=O) groups excluding carboxylic acids is 1. The van der Waals surface area contributed by atoms with Crippen molar-refractivity contribution < 1.29 is 32.9 Å². The fraction of sp³-hybridized carbons (Fsp3) is 0.915. The number of phosphoric ester groups is 1. The normalized spacial score (nSPS) is 14.0. The van der Waals surface area contributed by atoms with Gasteiger partial charge in [-0.2, -0.15) is 0 Å². The van der Waals surface area contributed by atoms with Gasteiger partial charge in [-0.1, -0.05) is 269 Å². The van der Waals surface area contributed by atoms with Crippen LogP contribution < -0.4 is 10.2 Å². The Morgan fingerprint density at radius 2 is 0.809 bits per heavy atom. The van der Waals surface area contributed by atoms with E-state index in [0.29, 0.717) is 17.4 Å². The zero-order valence-electron chi connectivity index (χ0n) is 46.1. The highest BCUT2D eigenvalue weighted by molar-refractivity contribution is 7.45. The Bertz CT molecular complexity index is 1160. The van der Waals surface area contributed by atoms with Crippen LogP contribution in [0.15, 0.2) is 24.3 Å². The first-order valence-electron chi connectivity index (χ1n) is 29.7. The lowest BCUT2D eigenvalue weighted by atomic mass is 10.0. The standard InChI is InChI=1S/C59H117N2O6P/c1-6-8-10-12-14-16-18-20-22-24-26-28-29-30-31-33-34-36-38-40-42-44-46-48-50-52-58(62)57(56-67-68(64,65)66-55-54-61(3,4)5)60-59(63)53-51-49-47-45-43-41-39-37-35-32-27-25-23-21-19-17-15-13-11-9-7-2/h32,35,50,52,57-58,62H,6-31,33-34,36-49,51,53-56H2,1-5H3,(H-,60,63,64,65)/b35-32-,52-50+. The molecule has 0 saturated carbocycles. The van der Waals surface area contributed by atoms with Crippen molar-refractivity contribution in [3.8, 4) is 0 Å². The maximum absolute atomic E-state index is 13.0. The number of hydrogen-bond donors (Lipinski definition) is 2. The summed E-state index contributed by atoms with van der Waals surface area (Å²) in [7, 11) is 1.27. The maximum Gasteiger partial charge on any atom is 0.268 e. The van der Waals surface area contributed by atoms with E-state index in [4.69, 9.17) is 9.05 Å². The van der Waals surface area contributed by atoms with Gasteiger partial charge in [-0.15, -0.1) is 0 Å². The Hall–Kier alpha value is -1.02. The van der Waals surface area contributed by atoms with Crippen molar-refractivity contribution in [3.05, 3.63) is 24.3 Å². The molecule has 404 valence electrons. The number of nitrogens with one attached hydrogen (secondary N) is 1. The van der Waals surface area contributed by atoms with Gasteiger partial charge in [0.15, 0.2) is 0 Å². The smallest absolute Gasteiger partial charge is 0.268 e. The molecule has 0 saturated heterocycles. The number of unbranched alkanes of at least 4 members (excludes halogenated alkanes) is 40. The lowest BCUT2D eigenvalue weighted by Crippen LogP contribution is -2.45. The molecular weight excluding hydrogens is 864 g/mol. The summed E-state index contributed by atoms with van der Waals surface area (Å²) in [5.41, 5.74) is 0. The third kappa shape index (κ3) is 52.8. The van der Waals surface area contributed by atoms with Crippen LogP contribution in [0.25, 0.3) is 0 Å². The minimum Gasteiger partial charge on any atom is -0.756 e. The van der Waals surface area contributed by atoms with Gasteiger partial charge in [0.1, 0.15) is 13.2 Å². The van der Waals surface area contributed by atoms with Crippen molar-refractivity contribution in [2.24, 2.45) is 0 Å². The largest absolute Gasteiger partial charge is 0.756 e. The quantitative estimate of drug-likeness (QED) is 0.0272. The van der Waals surface area contributed by atoms with Crippen LogP contribution in [0.4, 0.5) is 0 Å². The molecule has 0 aromatic carbocycles. The Morgan fingerprint density at radius 3 is 1.15 bits per heavy atom. The van der Waals surface area contributed by atoms with E-state index in [1.807, 2.05) is 27.2 Å². The van der Waals surface area contributed by atoms with Crippen LogP contribution in [-0.2, 0) is 18.4 Å². The zero-order valence-corrected chi connectivity index (χ0v) is 47.0. The number of carbonyl (C=O) groups is 1. The number of likely N-dealkylation sites (N-methyl/N-ethyl adjacent to an activating group) is 1. The Morgan fingerprint density at radius 1 is 0.500 bits per heavy atom. The highest BCUT2D eigenvalue weighted by atomic mass is 31.2. The molecule has 2 N–H and O–H groups in total. The lowest BCUT2D eigenvalue weighted by molar-refractivity contribution is -0.870. The molecule has 0 heterocycles. The Kier molecular flexibility index (Phi) is 50.1. The second-order valence-electron chi connectivity index (χ2n) is 21.7. The van der Waals surface area contributed by atoms with Crippen LogP contribution in [0.1, 0.15) is 296 Å². The molecule has 0 bridgehead atoms. The molecule has 0 aliphatic heterocycles. The van der Waals surface area contributed by atoms with E-state index < -0.39 is 20.0 Å². The molecule has 0 fully saturated rings. The van der Waals surface area contributed by atoms with E-state index in [-0.39, 0.29) is 19.1 Å². The van der Waals surface area contributed by atoms with Crippen molar-refractivity contribution in [3.63, 3.8) is 0 Å². The number of phosphoric acid groups is 1.